The lowest BCUT2D eigenvalue weighted by Crippen LogP contribution is -2.31. The highest BCUT2D eigenvalue weighted by Gasteiger charge is 2.24. The largest absolute Gasteiger partial charge is 0.494 e. The third kappa shape index (κ3) is 1.45. The van der Waals surface area contributed by atoms with Crippen LogP contribution < -0.4 is 11.2 Å². The first-order valence-electron chi connectivity index (χ1n) is 4.62. The average Bonchev–Trinajstić information content (AvgIpc) is 2.92. The lowest BCUT2D eigenvalue weighted by molar-refractivity contribution is 0.388. The van der Waals surface area contributed by atoms with Crippen LogP contribution in [-0.4, -0.2) is 14.7 Å². The molecule has 1 fully saturated rings. The van der Waals surface area contributed by atoms with E-state index in [1.807, 2.05) is 0 Å². The molecule has 2 N–H and O–H groups in total. The Bertz CT molecular complexity index is 468. The van der Waals surface area contributed by atoms with Gasteiger partial charge >= 0.3 is 5.69 Å². The van der Waals surface area contributed by atoms with Crippen LogP contribution in [0.2, 0.25) is 0 Å². The summed E-state index contributed by atoms with van der Waals surface area (Å²) in [6, 6.07) is 0. The van der Waals surface area contributed by atoms with Gasteiger partial charge in [-0.3, -0.25) is 14.3 Å². The molecule has 5 heteroatoms. The van der Waals surface area contributed by atoms with Crippen molar-refractivity contribution in [1.29, 1.82) is 0 Å². The molecule has 0 bridgehead atoms. The number of aromatic hydroxyl groups is 1. The van der Waals surface area contributed by atoms with Gasteiger partial charge in [0.25, 0.3) is 5.56 Å². The number of rotatable bonds is 2. The quantitative estimate of drug-likeness (QED) is 0.697. The normalized spacial score (nSPS) is 15.8. The second-order valence-corrected chi connectivity index (χ2v) is 3.76. The van der Waals surface area contributed by atoms with E-state index < -0.39 is 11.2 Å². The van der Waals surface area contributed by atoms with E-state index in [4.69, 9.17) is 0 Å². The molecular weight excluding hydrogens is 184 g/mol. The Labute approximate surface area is 80.0 Å². The highest BCUT2D eigenvalue weighted by atomic mass is 16.3. The van der Waals surface area contributed by atoms with Gasteiger partial charge in [0.2, 0.25) is 5.88 Å². The van der Waals surface area contributed by atoms with Gasteiger partial charge in [-0.1, -0.05) is 0 Å². The molecule has 1 aliphatic carbocycles. The summed E-state index contributed by atoms with van der Waals surface area (Å²) in [7, 11) is 0. The molecule has 0 aliphatic heterocycles. The Balaban J connectivity index is 2.51. The minimum Gasteiger partial charge on any atom is -0.494 e. The molecule has 0 atom stereocenters. The summed E-state index contributed by atoms with van der Waals surface area (Å²) in [5.41, 5.74) is -0.838. The van der Waals surface area contributed by atoms with Gasteiger partial charge in [-0.2, -0.15) is 0 Å². The van der Waals surface area contributed by atoms with Gasteiger partial charge in [0.1, 0.15) is 0 Å². The van der Waals surface area contributed by atoms with Crippen molar-refractivity contribution < 1.29 is 5.11 Å². The molecule has 1 heterocycles. The van der Waals surface area contributed by atoms with Crippen LogP contribution in [0.25, 0.3) is 0 Å². The van der Waals surface area contributed by atoms with E-state index in [-0.39, 0.29) is 11.4 Å². The number of nitrogens with zero attached hydrogens (tertiary/aromatic N) is 1. The zero-order valence-corrected chi connectivity index (χ0v) is 7.91. The van der Waals surface area contributed by atoms with Crippen LogP contribution in [0.3, 0.4) is 0 Å². The molecule has 1 aromatic heterocycles. The second-order valence-electron chi connectivity index (χ2n) is 3.76. The molecule has 14 heavy (non-hydrogen) atoms. The van der Waals surface area contributed by atoms with Crippen LogP contribution in [0.15, 0.2) is 9.59 Å². The second kappa shape index (κ2) is 3.01. The molecule has 2 rings (SSSR count). The first-order chi connectivity index (χ1) is 6.59. The molecule has 0 aromatic carbocycles. The van der Waals surface area contributed by atoms with Gasteiger partial charge < -0.3 is 5.11 Å². The van der Waals surface area contributed by atoms with Crippen LogP contribution in [-0.2, 0) is 6.54 Å². The van der Waals surface area contributed by atoms with Crippen molar-refractivity contribution in [3.05, 3.63) is 26.4 Å². The topological polar surface area (TPSA) is 75.1 Å². The third-order valence-corrected chi connectivity index (χ3v) is 2.53. The molecule has 0 unspecified atom stereocenters. The molecule has 5 nitrogen and oxygen atoms in total. The highest BCUT2D eigenvalue weighted by Crippen LogP contribution is 2.31. The Kier molecular flexibility index (Phi) is 1.94. The Hall–Kier alpha value is -1.52. The summed E-state index contributed by atoms with van der Waals surface area (Å²) in [4.78, 5) is 24.6. The van der Waals surface area contributed by atoms with Gasteiger partial charge in [-0.25, -0.2) is 4.79 Å². The van der Waals surface area contributed by atoms with E-state index in [1.54, 1.807) is 0 Å². The van der Waals surface area contributed by atoms with Crippen LogP contribution in [0.1, 0.15) is 18.4 Å². The monoisotopic (exact) mass is 196 g/mol. The maximum absolute atomic E-state index is 11.3. The molecule has 0 spiro atoms. The van der Waals surface area contributed by atoms with Gasteiger partial charge in [0.05, 0.1) is 5.56 Å². The fourth-order valence-electron chi connectivity index (χ4n) is 1.39. The van der Waals surface area contributed by atoms with Crippen molar-refractivity contribution in [3.8, 4) is 5.88 Å². The third-order valence-electron chi connectivity index (χ3n) is 2.53. The van der Waals surface area contributed by atoms with Crippen LogP contribution >= 0.6 is 0 Å². The number of H-pyrrole nitrogens is 1. The zero-order chi connectivity index (χ0) is 10.3. The smallest absolute Gasteiger partial charge is 0.331 e. The molecule has 0 saturated heterocycles. The van der Waals surface area contributed by atoms with Crippen LogP contribution in [0, 0.1) is 12.8 Å². The van der Waals surface area contributed by atoms with E-state index in [2.05, 4.69) is 4.98 Å². The first kappa shape index (κ1) is 9.05. The SMILES string of the molecule is Cc1c(O)n(CC2CC2)c(=O)[nH]c1=O. The Morgan fingerprint density at radius 1 is 1.50 bits per heavy atom. The number of hydrogen-bond donors (Lipinski definition) is 2. The molecule has 1 saturated carbocycles. The van der Waals surface area contributed by atoms with Gasteiger partial charge in [0, 0.05) is 6.54 Å². The van der Waals surface area contributed by atoms with Crippen molar-refractivity contribution in [2.75, 3.05) is 0 Å². The van der Waals surface area contributed by atoms with Gasteiger partial charge in [-0.05, 0) is 25.7 Å². The summed E-state index contributed by atoms with van der Waals surface area (Å²) >= 11 is 0. The maximum Gasteiger partial charge on any atom is 0.331 e. The predicted molar refractivity (Wildman–Crippen MR) is 50.4 cm³/mol. The van der Waals surface area contributed by atoms with E-state index in [9.17, 15) is 14.7 Å². The summed E-state index contributed by atoms with van der Waals surface area (Å²) in [6.45, 7) is 2.00. The minimum absolute atomic E-state index is 0.199. The van der Waals surface area contributed by atoms with Crippen LogP contribution in [0.5, 0.6) is 5.88 Å². The van der Waals surface area contributed by atoms with Crippen molar-refractivity contribution in [1.82, 2.24) is 9.55 Å². The number of nitrogens with one attached hydrogen (secondary N) is 1. The first-order valence-corrected chi connectivity index (χ1v) is 4.62. The van der Waals surface area contributed by atoms with E-state index >= 15 is 0 Å². The fraction of sp³-hybridized carbons (Fsp3) is 0.556. The lowest BCUT2D eigenvalue weighted by Gasteiger charge is -2.07. The molecule has 76 valence electrons. The van der Waals surface area contributed by atoms with Crippen LogP contribution in [0.4, 0.5) is 0 Å². The van der Waals surface area contributed by atoms with Crippen molar-refractivity contribution in [2.24, 2.45) is 5.92 Å². The van der Waals surface area contributed by atoms with Crippen molar-refractivity contribution in [3.63, 3.8) is 0 Å². The fourth-order valence-corrected chi connectivity index (χ4v) is 1.39. The number of aromatic amines is 1. The lowest BCUT2D eigenvalue weighted by atomic mass is 10.3. The Morgan fingerprint density at radius 2 is 2.14 bits per heavy atom. The Morgan fingerprint density at radius 3 is 2.71 bits per heavy atom. The summed E-state index contributed by atoms with van der Waals surface area (Å²) in [5, 5.41) is 9.58. The number of aromatic nitrogens is 2. The van der Waals surface area contributed by atoms with Crippen molar-refractivity contribution in [2.45, 2.75) is 26.3 Å². The molecule has 0 radical (unpaired) electrons. The van der Waals surface area contributed by atoms with Gasteiger partial charge in [-0.15, -0.1) is 0 Å². The maximum atomic E-state index is 11.3. The molecule has 1 aliphatic rings. The molecule has 0 amide bonds. The van der Waals surface area contributed by atoms with Crippen molar-refractivity contribution >= 4 is 0 Å². The van der Waals surface area contributed by atoms with E-state index in [1.165, 1.54) is 11.5 Å². The average molecular weight is 196 g/mol. The van der Waals surface area contributed by atoms with Gasteiger partial charge in [0.15, 0.2) is 0 Å². The van der Waals surface area contributed by atoms with E-state index in [0.717, 1.165) is 12.8 Å². The molecular formula is C9H12N2O3. The summed E-state index contributed by atoms with van der Waals surface area (Å²) in [6.07, 6.45) is 2.17. The molecule has 1 aromatic rings. The minimum atomic E-state index is -0.523. The highest BCUT2D eigenvalue weighted by molar-refractivity contribution is 5.20. The number of hydrogen-bond acceptors (Lipinski definition) is 3. The zero-order valence-electron chi connectivity index (χ0n) is 7.91. The summed E-state index contributed by atoms with van der Waals surface area (Å²) in [5.74, 6) is 0.273. The van der Waals surface area contributed by atoms with E-state index in [0.29, 0.717) is 12.5 Å². The standard InChI is InChI=1S/C9H12N2O3/c1-5-7(12)10-9(14)11(8(5)13)4-6-2-3-6/h6,13H,2-4H2,1H3,(H,10,12,14). The summed E-state index contributed by atoms with van der Waals surface area (Å²) < 4.78 is 1.23. The predicted octanol–water partition coefficient (Wildman–Crippen LogP) is -0.0394.